The number of aliphatic hydroxyl groups is 6. The van der Waals surface area contributed by atoms with Crippen molar-refractivity contribution in [2.75, 3.05) is 6.61 Å². The smallest absolute Gasteiger partial charge is 0.331 e. The highest BCUT2D eigenvalue weighted by molar-refractivity contribution is 5.82. The van der Waals surface area contributed by atoms with Crippen molar-refractivity contribution in [2.24, 2.45) is 0 Å². The van der Waals surface area contributed by atoms with Crippen LogP contribution in [0.15, 0.2) is 72.9 Å². The van der Waals surface area contributed by atoms with Crippen LogP contribution < -0.4 is 0 Å². The summed E-state index contributed by atoms with van der Waals surface area (Å²) < 4.78 is 16.7. The fourth-order valence-electron chi connectivity index (χ4n) is 4.10. The fraction of sp³-hybridized carbons (Fsp3) is 0.567. The van der Waals surface area contributed by atoms with Crippen LogP contribution >= 0.6 is 0 Å². The number of aliphatic hydroxyl groups excluding tert-OH is 6. The number of esters is 1. The van der Waals surface area contributed by atoms with Gasteiger partial charge in [-0.1, -0.05) is 66.8 Å². The lowest BCUT2D eigenvalue weighted by Crippen LogP contribution is -2.59. The first-order valence-electron chi connectivity index (χ1n) is 13.7. The van der Waals surface area contributed by atoms with E-state index in [1.807, 2.05) is 19.1 Å². The molecule has 0 aliphatic carbocycles. The summed E-state index contributed by atoms with van der Waals surface area (Å²) in [6.07, 6.45) is 13.9. The van der Waals surface area contributed by atoms with Crippen molar-refractivity contribution >= 4 is 5.97 Å². The van der Waals surface area contributed by atoms with Gasteiger partial charge in [-0.05, 0) is 39.0 Å². The third-order valence-electron chi connectivity index (χ3n) is 6.38. The molecule has 0 radical (unpaired) electrons. The molecule has 2 aliphatic rings. The molecule has 2 aliphatic heterocycles. The molecule has 0 aromatic carbocycles. The molecule has 1 fully saturated rings. The molecule has 10 nitrogen and oxygen atoms in total. The van der Waals surface area contributed by atoms with Crippen LogP contribution in [-0.2, 0) is 19.0 Å². The van der Waals surface area contributed by atoms with Crippen molar-refractivity contribution in [1.29, 1.82) is 0 Å². The van der Waals surface area contributed by atoms with Gasteiger partial charge in [0.05, 0.1) is 31.0 Å². The maximum Gasteiger partial charge on any atom is 0.331 e. The fourth-order valence-corrected chi connectivity index (χ4v) is 4.10. The summed E-state index contributed by atoms with van der Waals surface area (Å²) in [6, 6.07) is 0. The molecule has 0 saturated carbocycles. The van der Waals surface area contributed by atoms with Gasteiger partial charge < -0.3 is 44.8 Å². The maximum atomic E-state index is 12.1. The largest absolute Gasteiger partial charge is 0.460 e. The summed E-state index contributed by atoms with van der Waals surface area (Å²) in [6.45, 7) is 1.26. The van der Waals surface area contributed by atoms with Crippen molar-refractivity contribution in [1.82, 2.24) is 0 Å². The number of ether oxygens (including phenoxy) is 3. The average Bonchev–Trinajstić information content (AvgIpc) is 2.91. The highest BCUT2D eigenvalue weighted by Gasteiger charge is 2.44. The van der Waals surface area contributed by atoms with Crippen molar-refractivity contribution < 1.29 is 49.6 Å². The van der Waals surface area contributed by atoms with Crippen LogP contribution in [0.4, 0.5) is 0 Å². The van der Waals surface area contributed by atoms with Gasteiger partial charge in [0.15, 0.2) is 6.29 Å². The normalized spacial score (nSPS) is 35.8. The standard InChI is InChI=1S/C30H44O10/c1-21-13-7-3-2-4-8-14-22(32)19-23(33)15-9-5-10-16-24(17-11-6-12-18-26(34)38-21)39-30-29(37)28(36)27(35)25(20-31)40-30/h2,4-6,8-12,14,16,18,21-25,27-33,35-37H,3,7,13,15,17,19-20H2,1H3/t21-,22+,23+,24-,25-,27-,28+,29-,30-/m1/s1. The van der Waals surface area contributed by atoms with Crippen molar-refractivity contribution in [3.8, 4) is 0 Å². The van der Waals surface area contributed by atoms with E-state index in [1.54, 1.807) is 54.7 Å². The van der Waals surface area contributed by atoms with Gasteiger partial charge in [-0.2, -0.15) is 0 Å². The molecule has 1 saturated heterocycles. The minimum Gasteiger partial charge on any atom is -0.460 e. The Morgan fingerprint density at radius 2 is 1.57 bits per heavy atom. The SMILES string of the molecule is C[C@@H]1CCCC=CC=C[C@H](O)C[C@@H](O)CC=CC=C[C@@H](O[C@@H]2O[C@H](CO)[C@@H](O)[C@H](O)[C@H]2O)CC=CC=CC(=O)O1. The predicted octanol–water partition coefficient (Wildman–Crippen LogP) is 1.52. The Labute approximate surface area is 235 Å². The molecule has 40 heavy (non-hydrogen) atoms. The van der Waals surface area contributed by atoms with Gasteiger partial charge in [0, 0.05) is 12.5 Å². The quantitative estimate of drug-likeness (QED) is 0.277. The molecule has 0 aromatic heterocycles. The molecule has 0 spiro atoms. The molecule has 0 aromatic rings. The lowest BCUT2D eigenvalue weighted by Gasteiger charge is -2.40. The third-order valence-corrected chi connectivity index (χ3v) is 6.38. The average molecular weight is 565 g/mol. The van der Waals surface area contributed by atoms with Crippen molar-refractivity contribution in [2.45, 2.75) is 101 Å². The van der Waals surface area contributed by atoms with E-state index < -0.39 is 61.6 Å². The molecule has 9 atom stereocenters. The maximum absolute atomic E-state index is 12.1. The molecule has 0 unspecified atom stereocenters. The Morgan fingerprint density at radius 3 is 2.35 bits per heavy atom. The van der Waals surface area contributed by atoms with Gasteiger partial charge in [-0.25, -0.2) is 4.79 Å². The monoisotopic (exact) mass is 564 g/mol. The molecule has 0 amide bonds. The lowest BCUT2D eigenvalue weighted by molar-refractivity contribution is -0.307. The van der Waals surface area contributed by atoms with Gasteiger partial charge >= 0.3 is 5.97 Å². The summed E-state index contributed by atoms with van der Waals surface area (Å²) >= 11 is 0. The zero-order valence-electron chi connectivity index (χ0n) is 22.9. The van der Waals surface area contributed by atoms with Crippen LogP contribution in [-0.4, -0.2) is 98.3 Å². The van der Waals surface area contributed by atoms with Crippen LogP contribution in [0.5, 0.6) is 0 Å². The van der Waals surface area contributed by atoms with E-state index in [-0.39, 0.29) is 12.5 Å². The number of hydrogen-bond donors (Lipinski definition) is 6. The minimum atomic E-state index is -1.57. The number of rotatable bonds is 3. The van der Waals surface area contributed by atoms with Crippen molar-refractivity contribution in [3.05, 3.63) is 72.9 Å². The zero-order valence-corrected chi connectivity index (χ0v) is 22.9. The highest BCUT2D eigenvalue weighted by atomic mass is 16.7. The Morgan fingerprint density at radius 1 is 0.875 bits per heavy atom. The molecule has 2 heterocycles. The molecule has 10 heteroatoms. The second-order valence-corrected chi connectivity index (χ2v) is 9.89. The molecule has 224 valence electrons. The van der Waals surface area contributed by atoms with Gasteiger partial charge in [0.25, 0.3) is 0 Å². The highest BCUT2D eigenvalue weighted by Crippen LogP contribution is 2.24. The number of carbonyl (C=O) groups excluding carboxylic acids is 1. The molecule has 0 bridgehead atoms. The van der Waals surface area contributed by atoms with Crippen LogP contribution in [0.1, 0.15) is 45.4 Å². The first-order chi connectivity index (χ1) is 19.2. The second-order valence-electron chi connectivity index (χ2n) is 9.89. The topological polar surface area (TPSA) is 166 Å². The van der Waals surface area contributed by atoms with Crippen molar-refractivity contribution in [3.63, 3.8) is 0 Å². The molecular formula is C30H44O10. The predicted molar refractivity (Wildman–Crippen MR) is 149 cm³/mol. The van der Waals surface area contributed by atoms with E-state index in [4.69, 9.17) is 14.2 Å². The summed E-state index contributed by atoms with van der Waals surface area (Å²) in [5.41, 5.74) is 0. The van der Waals surface area contributed by atoms with E-state index in [1.165, 1.54) is 6.08 Å². The minimum absolute atomic E-state index is 0.183. The molecular weight excluding hydrogens is 520 g/mol. The lowest BCUT2D eigenvalue weighted by atomic mass is 9.99. The van der Waals surface area contributed by atoms with Gasteiger partial charge in [0.1, 0.15) is 24.4 Å². The van der Waals surface area contributed by atoms with E-state index in [2.05, 4.69) is 0 Å². The summed E-state index contributed by atoms with van der Waals surface area (Å²) in [4.78, 5) is 12.1. The molecule has 6 N–H and O–H groups in total. The first-order valence-corrected chi connectivity index (χ1v) is 13.7. The van der Waals surface area contributed by atoms with E-state index in [0.717, 1.165) is 12.8 Å². The van der Waals surface area contributed by atoms with E-state index >= 15 is 0 Å². The summed E-state index contributed by atoms with van der Waals surface area (Å²) in [5.74, 6) is -0.458. The number of hydrogen-bond acceptors (Lipinski definition) is 10. The van der Waals surface area contributed by atoms with Crippen LogP contribution in [0.25, 0.3) is 0 Å². The summed E-state index contributed by atoms with van der Waals surface area (Å²) in [7, 11) is 0. The van der Waals surface area contributed by atoms with Crippen LogP contribution in [0, 0.1) is 0 Å². The molecule has 2 rings (SSSR count). The Kier molecular flexibility index (Phi) is 15.9. The van der Waals surface area contributed by atoms with Gasteiger partial charge in [-0.3, -0.25) is 0 Å². The van der Waals surface area contributed by atoms with E-state index in [9.17, 15) is 35.4 Å². The van der Waals surface area contributed by atoms with Crippen LogP contribution in [0.2, 0.25) is 0 Å². The number of allylic oxidation sites excluding steroid dienone is 7. The van der Waals surface area contributed by atoms with E-state index in [0.29, 0.717) is 19.3 Å². The number of carbonyl (C=O) groups is 1. The third kappa shape index (κ3) is 12.8. The zero-order chi connectivity index (χ0) is 29.3. The Hall–Kier alpha value is -2.41. The van der Waals surface area contributed by atoms with Gasteiger partial charge in [0.2, 0.25) is 0 Å². The Balaban J connectivity index is 2.12. The first kappa shape index (κ1) is 33.8. The van der Waals surface area contributed by atoms with Gasteiger partial charge in [-0.15, -0.1) is 0 Å². The Bertz CT molecular complexity index is 906. The van der Waals surface area contributed by atoms with Crippen LogP contribution in [0.3, 0.4) is 0 Å². The number of cyclic esters (lactones) is 1. The summed E-state index contributed by atoms with van der Waals surface area (Å²) in [5, 5.41) is 60.2. The second kappa shape index (κ2) is 18.8.